The van der Waals surface area contributed by atoms with Crippen LogP contribution in [-0.4, -0.2) is 26.4 Å². The van der Waals surface area contributed by atoms with Crippen molar-refractivity contribution < 1.29 is 4.74 Å². The molecule has 1 aromatic carbocycles. The second-order valence-electron chi connectivity index (χ2n) is 4.98. The van der Waals surface area contributed by atoms with Gasteiger partial charge in [-0.25, -0.2) is 0 Å². The smallest absolute Gasteiger partial charge is 0.227 e. The minimum absolute atomic E-state index is 0.0197. The lowest BCUT2D eigenvalue weighted by Gasteiger charge is -2.12. The standard InChI is InChI=1S/C14H14N6O/c1-20-13-9(6-16-20)12(15)18-14(19-13)17-10-7-21-11-5-3-2-4-8(10)11/h2-6,10H,7H2,1H3,(H3,15,17,18,19). The number of anilines is 2. The van der Waals surface area contributed by atoms with Crippen LogP contribution >= 0.6 is 0 Å². The highest BCUT2D eigenvalue weighted by atomic mass is 16.5. The molecule has 3 N–H and O–H groups in total. The maximum atomic E-state index is 5.96. The second kappa shape index (κ2) is 4.34. The van der Waals surface area contributed by atoms with E-state index in [1.807, 2.05) is 31.3 Å². The molecule has 0 bridgehead atoms. The highest BCUT2D eigenvalue weighted by molar-refractivity contribution is 5.86. The first kappa shape index (κ1) is 12.0. The third-order valence-corrected chi connectivity index (χ3v) is 3.62. The number of nitrogens with zero attached hydrogens (tertiary/aromatic N) is 4. The van der Waals surface area contributed by atoms with Crippen LogP contribution in [0.25, 0.3) is 11.0 Å². The largest absolute Gasteiger partial charge is 0.491 e. The van der Waals surface area contributed by atoms with Crippen LogP contribution in [0.2, 0.25) is 0 Å². The van der Waals surface area contributed by atoms with E-state index in [-0.39, 0.29) is 6.04 Å². The average Bonchev–Trinajstić information content (AvgIpc) is 3.05. The van der Waals surface area contributed by atoms with E-state index < -0.39 is 0 Å². The van der Waals surface area contributed by atoms with Crippen LogP contribution in [0, 0.1) is 0 Å². The Labute approximate surface area is 120 Å². The molecule has 0 amide bonds. The minimum atomic E-state index is 0.0197. The van der Waals surface area contributed by atoms with Gasteiger partial charge >= 0.3 is 0 Å². The van der Waals surface area contributed by atoms with E-state index in [1.165, 1.54) is 0 Å². The molecule has 4 rings (SSSR count). The molecule has 0 saturated carbocycles. The van der Waals surface area contributed by atoms with Crippen LogP contribution in [0.4, 0.5) is 11.8 Å². The molecule has 0 spiro atoms. The highest BCUT2D eigenvalue weighted by Crippen LogP contribution is 2.33. The third-order valence-electron chi connectivity index (χ3n) is 3.62. The van der Waals surface area contributed by atoms with Crippen LogP contribution in [0.1, 0.15) is 11.6 Å². The number of aromatic nitrogens is 4. The molecule has 7 nitrogen and oxygen atoms in total. The molecule has 106 valence electrons. The summed E-state index contributed by atoms with van der Waals surface area (Å²) in [7, 11) is 1.83. The third kappa shape index (κ3) is 1.85. The summed E-state index contributed by atoms with van der Waals surface area (Å²) in [4.78, 5) is 8.77. The zero-order valence-corrected chi connectivity index (χ0v) is 11.4. The molecular weight excluding hydrogens is 268 g/mol. The summed E-state index contributed by atoms with van der Waals surface area (Å²) >= 11 is 0. The number of para-hydroxylation sites is 1. The molecule has 0 radical (unpaired) electrons. The topological polar surface area (TPSA) is 90.9 Å². The molecular formula is C14H14N6O. The van der Waals surface area contributed by atoms with Crippen molar-refractivity contribution in [3.8, 4) is 5.75 Å². The van der Waals surface area contributed by atoms with Gasteiger partial charge < -0.3 is 15.8 Å². The zero-order valence-electron chi connectivity index (χ0n) is 11.4. The van der Waals surface area contributed by atoms with Gasteiger partial charge in [0.15, 0.2) is 5.65 Å². The zero-order chi connectivity index (χ0) is 14.4. The summed E-state index contributed by atoms with van der Waals surface area (Å²) in [5.41, 5.74) is 7.77. The van der Waals surface area contributed by atoms with Gasteiger partial charge in [-0.2, -0.15) is 15.1 Å². The van der Waals surface area contributed by atoms with E-state index in [0.717, 1.165) is 16.7 Å². The molecule has 1 aliphatic heterocycles. The number of nitrogens with one attached hydrogen (secondary N) is 1. The Morgan fingerprint density at radius 2 is 2.19 bits per heavy atom. The summed E-state index contributed by atoms with van der Waals surface area (Å²) in [5.74, 6) is 1.79. The molecule has 3 aromatic rings. The summed E-state index contributed by atoms with van der Waals surface area (Å²) < 4.78 is 7.32. The number of hydrogen-bond donors (Lipinski definition) is 2. The van der Waals surface area contributed by atoms with Crippen molar-refractivity contribution in [2.24, 2.45) is 7.05 Å². The van der Waals surface area contributed by atoms with E-state index in [1.54, 1.807) is 10.9 Å². The monoisotopic (exact) mass is 282 g/mol. The van der Waals surface area contributed by atoms with E-state index in [4.69, 9.17) is 10.5 Å². The molecule has 1 unspecified atom stereocenters. The fourth-order valence-electron chi connectivity index (χ4n) is 2.55. The molecule has 0 saturated heterocycles. The van der Waals surface area contributed by atoms with Crippen LogP contribution < -0.4 is 15.8 Å². The van der Waals surface area contributed by atoms with Gasteiger partial charge in [0.25, 0.3) is 0 Å². The highest BCUT2D eigenvalue weighted by Gasteiger charge is 2.24. The molecule has 7 heteroatoms. The van der Waals surface area contributed by atoms with Crippen molar-refractivity contribution >= 4 is 22.8 Å². The van der Waals surface area contributed by atoms with Crippen molar-refractivity contribution in [3.63, 3.8) is 0 Å². The number of benzene rings is 1. The van der Waals surface area contributed by atoms with Gasteiger partial charge in [0, 0.05) is 12.6 Å². The van der Waals surface area contributed by atoms with Crippen molar-refractivity contribution in [1.29, 1.82) is 0 Å². The molecule has 1 atom stereocenters. The first-order chi connectivity index (χ1) is 10.2. The number of aryl methyl sites for hydroxylation is 1. The summed E-state index contributed by atoms with van der Waals surface area (Å²) in [6, 6.07) is 7.95. The van der Waals surface area contributed by atoms with Crippen molar-refractivity contribution in [2.75, 3.05) is 17.7 Å². The lowest BCUT2D eigenvalue weighted by molar-refractivity contribution is 0.339. The van der Waals surface area contributed by atoms with Crippen LogP contribution in [0.5, 0.6) is 5.75 Å². The lowest BCUT2D eigenvalue weighted by atomic mass is 10.1. The Morgan fingerprint density at radius 1 is 1.33 bits per heavy atom. The van der Waals surface area contributed by atoms with Gasteiger partial charge in [-0.1, -0.05) is 18.2 Å². The van der Waals surface area contributed by atoms with Gasteiger partial charge in [-0.15, -0.1) is 0 Å². The van der Waals surface area contributed by atoms with Gasteiger partial charge in [-0.05, 0) is 6.07 Å². The van der Waals surface area contributed by atoms with E-state index in [0.29, 0.717) is 24.0 Å². The van der Waals surface area contributed by atoms with E-state index in [2.05, 4.69) is 20.4 Å². The first-order valence-electron chi connectivity index (χ1n) is 6.66. The fourth-order valence-corrected chi connectivity index (χ4v) is 2.55. The van der Waals surface area contributed by atoms with E-state index in [9.17, 15) is 0 Å². The van der Waals surface area contributed by atoms with Crippen molar-refractivity contribution in [3.05, 3.63) is 36.0 Å². The fraction of sp³-hybridized carbons (Fsp3) is 0.214. The number of fused-ring (bicyclic) bond motifs is 2. The second-order valence-corrected chi connectivity index (χ2v) is 4.98. The quantitative estimate of drug-likeness (QED) is 0.740. The van der Waals surface area contributed by atoms with Crippen LogP contribution in [0.15, 0.2) is 30.5 Å². The molecule has 1 aliphatic rings. The molecule has 0 aliphatic carbocycles. The number of nitrogens with two attached hydrogens (primary N) is 1. The predicted octanol–water partition coefficient (Wildman–Crippen LogP) is 1.49. The number of ether oxygens (including phenoxy) is 1. The van der Waals surface area contributed by atoms with Crippen LogP contribution in [0.3, 0.4) is 0 Å². The lowest BCUT2D eigenvalue weighted by Crippen LogP contribution is -2.15. The molecule has 0 fully saturated rings. The predicted molar refractivity (Wildman–Crippen MR) is 79.0 cm³/mol. The van der Waals surface area contributed by atoms with Gasteiger partial charge in [-0.3, -0.25) is 4.68 Å². The Balaban J connectivity index is 1.71. The molecule has 21 heavy (non-hydrogen) atoms. The number of nitrogen functional groups attached to an aromatic ring is 1. The normalized spacial score (nSPS) is 16.7. The summed E-state index contributed by atoms with van der Waals surface area (Å²) in [6.07, 6.45) is 1.67. The van der Waals surface area contributed by atoms with E-state index >= 15 is 0 Å². The first-order valence-corrected chi connectivity index (χ1v) is 6.66. The molecule has 3 heterocycles. The maximum Gasteiger partial charge on any atom is 0.227 e. The minimum Gasteiger partial charge on any atom is -0.491 e. The maximum absolute atomic E-state index is 5.96. The SMILES string of the molecule is Cn1ncc2c(N)nc(NC3COc4ccccc43)nc21. The Morgan fingerprint density at radius 3 is 3.10 bits per heavy atom. The molecule has 2 aromatic heterocycles. The van der Waals surface area contributed by atoms with Gasteiger partial charge in [0.2, 0.25) is 5.95 Å². The Hall–Kier alpha value is -2.83. The Kier molecular flexibility index (Phi) is 2.47. The summed E-state index contributed by atoms with van der Waals surface area (Å²) in [6.45, 7) is 0.548. The van der Waals surface area contributed by atoms with Crippen LogP contribution in [-0.2, 0) is 7.05 Å². The summed E-state index contributed by atoms with van der Waals surface area (Å²) in [5, 5.41) is 8.18. The average molecular weight is 282 g/mol. The van der Waals surface area contributed by atoms with Gasteiger partial charge in [0.05, 0.1) is 17.6 Å². The van der Waals surface area contributed by atoms with Crippen molar-refractivity contribution in [1.82, 2.24) is 19.7 Å². The van der Waals surface area contributed by atoms with Gasteiger partial charge in [0.1, 0.15) is 18.2 Å². The number of hydrogen-bond acceptors (Lipinski definition) is 6. The number of rotatable bonds is 2. The Bertz CT molecular complexity index is 827. The van der Waals surface area contributed by atoms with Crippen molar-refractivity contribution in [2.45, 2.75) is 6.04 Å².